The number of carbonyl (C=O) groups is 2. The topological polar surface area (TPSA) is 58.2 Å². The van der Waals surface area contributed by atoms with E-state index < -0.39 is 6.04 Å². The third-order valence-corrected chi connectivity index (χ3v) is 4.01. The third-order valence-electron chi connectivity index (χ3n) is 3.14. The van der Waals surface area contributed by atoms with Gasteiger partial charge in [0.1, 0.15) is 6.04 Å². The molecule has 21 heavy (non-hydrogen) atoms. The molecule has 1 heterocycles. The van der Waals surface area contributed by atoms with Gasteiger partial charge in [-0.05, 0) is 36.4 Å². The molecule has 2 rings (SSSR count). The Bertz CT molecular complexity index is 623. The van der Waals surface area contributed by atoms with Gasteiger partial charge in [-0.1, -0.05) is 31.2 Å². The quantitative estimate of drug-likeness (QED) is 0.892. The molecule has 0 aliphatic heterocycles. The molecule has 0 spiro atoms. The number of hydrogen-bond acceptors (Lipinski definition) is 3. The van der Waals surface area contributed by atoms with Crippen LogP contribution in [0.4, 0.5) is 5.69 Å². The van der Waals surface area contributed by atoms with Crippen LogP contribution in [0.1, 0.15) is 29.1 Å². The van der Waals surface area contributed by atoms with Crippen LogP contribution in [0.25, 0.3) is 0 Å². The Balaban J connectivity index is 1.98. The van der Waals surface area contributed by atoms with Crippen LogP contribution in [0, 0.1) is 0 Å². The number of hydrogen-bond donors (Lipinski definition) is 2. The number of thiophene rings is 1. The molecule has 0 aliphatic rings. The molecule has 1 aromatic carbocycles. The molecular formula is C16H18N2O2S. The summed E-state index contributed by atoms with van der Waals surface area (Å²) in [6.07, 6.45) is 0.840. The lowest BCUT2D eigenvalue weighted by atomic mass is 10.1. The average Bonchev–Trinajstić information content (AvgIpc) is 3.02. The summed E-state index contributed by atoms with van der Waals surface area (Å²) in [6.45, 7) is 3.71. The molecule has 0 bridgehead atoms. The van der Waals surface area contributed by atoms with Crippen LogP contribution in [-0.2, 0) is 11.2 Å². The number of benzene rings is 1. The first-order chi connectivity index (χ1) is 10.1. The van der Waals surface area contributed by atoms with Gasteiger partial charge < -0.3 is 10.6 Å². The van der Waals surface area contributed by atoms with Crippen LogP contribution in [0.2, 0.25) is 0 Å². The molecule has 0 saturated heterocycles. The zero-order valence-electron chi connectivity index (χ0n) is 12.1. The normalized spacial score (nSPS) is 11.7. The van der Waals surface area contributed by atoms with Crippen LogP contribution in [0.15, 0.2) is 41.8 Å². The van der Waals surface area contributed by atoms with E-state index in [2.05, 4.69) is 10.6 Å². The van der Waals surface area contributed by atoms with Crippen molar-refractivity contribution >= 4 is 28.8 Å². The summed E-state index contributed by atoms with van der Waals surface area (Å²) in [4.78, 5) is 24.7. The van der Waals surface area contributed by atoms with Crippen LogP contribution in [0.3, 0.4) is 0 Å². The number of aryl methyl sites for hydroxylation is 1. The van der Waals surface area contributed by atoms with Crippen molar-refractivity contribution in [1.82, 2.24) is 5.32 Å². The van der Waals surface area contributed by atoms with E-state index in [1.165, 1.54) is 11.3 Å². The number of rotatable bonds is 5. The summed E-state index contributed by atoms with van der Waals surface area (Å²) in [5.41, 5.74) is 1.87. The van der Waals surface area contributed by atoms with Crippen molar-refractivity contribution in [2.24, 2.45) is 0 Å². The fourth-order valence-corrected chi connectivity index (χ4v) is 2.56. The SMILES string of the molecule is CCc1ccccc1NC(=O)[C@@H](C)NC(=O)c1cccs1. The van der Waals surface area contributed by atoms with Crippen molar-refractivity contribution in [2.75, 3.05) is 5.32 Å². The predicted molar refractivity (Wildman–Crippen MR) is 85.7 cm³/mol. The van der Waals surface area contributed by atoms with Crippen molar-refractivity contribution in [3.63, 3.8) is 0 Å². The zero-order chi connectivity index (χ0) is 15.2. The molecule has 0 saturated carbocycles. The van der Waals surface area contributed by atoms with E-state index in [9.17, 15) is 9.59 Å². The van der Waals surface area contributed by atoms with Crippen molar-refractivity contribution in [1.29, 1.82) is 0 Å². The maximum atomic E-state index is 12.2. The van der Waals surface area contributed by atoms with Crippen LogP contribution in [-0.4, -0.2) is 17.9 Å². The van der Waals surface area contributed by atoms with E-state index >= 15 is 0 Å². The van der Waals surface area contributed by atoms with E-state index in [0.29, 0.717) is 4.88 Å². The van der Waals surface area contributed by atoms with Gasteiger partial charge in [0.15, 0.2) is 0 Å². The van der Waals surface area contributed by atoms with E-state index in [1.54, 1.807) is 13.0 Å². The summed E-state index contributed by atoms with van der Waals surface area (Å²) in [7, 11) is 0. The molecule has 0 aliphatic carbocycles. The number of para-hydroxylation sites is 1. The Hall–Kier alpha value is -2.14. The van der Waals surface area contributed by atoms with E-state index in [1.807, 2.05) is 42.6 Å². The van der Waals surface area contributed by atoms with Crippen molar-refractivity contribution < 1.29 is 9.59 Å². The molecule has 2 aromatic rings. The minimum absolute atomic E-state index is 0.221. The van der Waals surface area contributed by atoms with Gasteiger partial charge in [-0.15, -0.1) is 11.3 Å². The predicted octanol–water partition coefficient (Wildman–Crippen LogP) is 3.07. The molecule has 5 heteroatoms. The molecule has 4 nitrogen and oxygen atoms in total. The maximum Gasteiger partial charge on any atom is 0.261 e. The zero-order valence-corrected chi connectivity index (χ0v) is 12.9. The van der Waals surface area contributed by atoms with Crippen LogP contribution in [0.5, 0.6) is 0 Å². The second-order valence-electron chi connectivity index (χ2n) is 4.67. The second-order valence-corrected chi connectivity index (χ2v) is 5.62. The monoisotopic (exact) mass is 302 g/mol. The average molecular weight is 302 g/mol. The van der Waals surface area contributed by atoms with E-state index in [4.69, 9.17) is 0 Å². The summed E-state index contributed by atoms with van der Waals surface area (Å²) >= 11 is 1.35. The highest BCUT2D eigenvalue weighted by Gasteiger charge is 2.17. The van der Waals surface area contributed by atoms with Crippen molar-refractivity contribution in [3.8, 4) is 0 Å². The van der Waals surface area contributed by atoms with Crippen LogP contribution >= 0.6 is 11.3 Å². The number of anilines is 1. The lowest BCUT2D eigenvalue weighted by Crippen LogP contribution is -2.41. The Morgan fingerprint density at radius 3 is 2.62 bits per heavy atom. The summed E-state index contributed by atoms with van der Waals surface area (Å²) < 4.78 is 0. The fraction of sp³-hybridized carbons (Fsp3) is 0.250. The summed E-state index contributed by atoms with van der Waals surface area (Å²) in [5, 5.41) is 7.39. The molecular weight excluding hydrogens is 284 g/mol. The first-order valence-corrected chi connectivity index (χ1v) is 7.73. The standard InChI is InChI=1S/C16H18N2O2S/c1-3-12-7-4-5-8-13(12)18-15(19)11(2)17-16(20)14-9-6-10-21-14/h4-11H,3H2,1-2H3,(H,17,20)(H,18,19)/t11-/m1/s1. The molecule has 1 atom stereocenters. The Morgan fingerprint density at radius 1 is 1.19 bits per heavy atom. The minimum atomic E-state index is -0.593. The van der Waals surface area contributed by atoms with E-state index in [-0.39, 0.29) is 11.8 Å². The van der Waals surface area contributed by atoms with Gasteiger partial charge in [-0.3, -0.25) is 9.59 Å². The molecule has 110 valence electrons. The first-order valence-electron chi connectivity index (χ1n) is 6.85. The van der Waals surface area contributed by atoms with Gasteiger partial charge in [0.05, 0.1) is 4.88 Å². The second kappa shape index (κ2) is 7.04. The number of amides is 2. The maximum absolute atomic E-state index is 12.2. The molecule has 2 N–H and O–H groups in total. The van der Waals surface area contributed by atoms with Crippen LogP contribution < -0.4 is 10.6 Å². The highest BCUT2D eigenvalue weighted by Crippen LogP contribution is 2.15. The van der Waals surface area contributed by atoms with Gasteiger partial charge in [0.2, 0.25) is 5.91 Å². The fourth-order valence-electron chi connectivity index (χ4n) is 1.93. The number of nitrogens with one attached hydrogen (secondary N) is 2. The van der Waals surface area contributed by atoms with Crippen molar-refractivity contribution in [3.05, 3.63) is 52.2 Å². The number of carbonyl (C=O) groups excluding carboxylic acids is 2. The molecule has 1 aromatic heterocycles. The van der Waals surface area contributed by atoms with Gasteiger partial charge in [-0.2, -0.15) is 0 Å². The highest BCUT2D eigenvalue weighted by molar-refractivity contribution is 7.12. The van der Waals surface area contributed by atoms with Gasteiger partial charge in [0.25, 0.3) is 5.91 Å². The Labute approximate surface area is 128 Å². The minimum Gasteiger partial charge on any atom is -0.340 e. The van der Waals surface area contributed by atoms with Gasteiger partial charge >= 0.3 is 0 Å². The highest BCUT2D eigenvalue weighted by atomic mass is 32.1. The lowest BCUT2D eigenvalue weighted by Gasteiger charge is -2.15. The Kier molecular flexibility index (Phi) is 5.11. The molecule has 0 unspecified atom stereocenters. The van der Waals surface area contributed by atoms with Gasteiger partial charge in [0, 0.05) is 5.69 Å². The Morgan fingerprint density at radius 2 is 1.95 bits per heavy atom. The van der Waals surface area contributed by atoms with E-state index in [0.717, 1.165) is 17.7 Å². The van der Waals surface area contributed by atoms with Crippen molar-refractivity contribution in [2.45, 2.75) is 26.3 Å². The largest absolute Gasteiger partial charge is 0.340 e. The first kappa shape index (κ1) is 15.3. The molecule has 0 radical (unpaired) electrons. The summed E-state index contributed by atoms with van der Waals surface area (Å²) in [6, 6.07) is 10.6. The summed E-state index contributed by atoms with van der Waals surface area (Å²) in [5.74, 6) is -0.447. The van der Waals surface area contributed by atoms with Gasteiger partial charge in [-0.25, -0.2) is 0 Å². The lowest BCUT2D eigenvalue weighted by molar-refractivity contribution is -0.117. The molecule has 0 fully saturated rings. The smallest absolute Gasteiger partial charge is 0.261 e. The molecule has 2 amide bonds. The third kappa shape index (κ3) is 3.92.